The molecule has 4 nitrogen and oxygen atoms in total. The van der Waals surface area contributed by atoms with Gasteiger partial charge in [0.25, 0.3) is 0 Å². The summed E-state index contributed by atoms with van der Waals surface area (Å²) in [5, 5.41) is 6.81. The highest BCUT2D eigenvalue weighted by molar-refractivity contribution is 9.10. The lowest BCUT2D eigenvalue weighted by atomic mass is 10.1. The molecule has 4 N–H and O–H groups in total. The van der Waals surface area contributed by atoms with Gasteiger partial charge in [0, 0.05) is 27.5 Å². The summed E-state index contributed by atoms with van der Waals surface area (Å²) in [6.07, 6.45) is 2.15. The van der Waals surface area contributed by atoms with E-state index in [1.807, 2.05) is 43.3 Å². The Kier molecular flexibility index (Phi) is 7.88. The van der Waals surface area contributed by atoms with Crippen molar-refractivity contribution in [3.05, 3.63) is 75.9 Å². The van der Waals surface area contributed by atoms with Crippen molar-refractivity contribution in [2.24, 2.45) is 4.99 Å². The summed E-state index contributed by atoms with van der Waals surface area (Å²) in [6, 6.07) is 16.3. The van der Waals surface area contributed by atoms with Gasteiger partial charge in [0.2, 0.25) is 0 Å². The van der Waals surface area contributed by atoms with Gasteiger partial charge in [0.05, 0.1) is 6.54 Å². The van der Waals surface area contributed by atoms with Gasteiger partial charge in [-0.1, -0.05) is 47.1 Å². The van der Waals surface area contributed by atoms with Crippen LogP contribution in [-0.2, 0) is 6.54 Å². The van der Waals surface area contributed by atoms with Gasteiger partial charge in [-0.15, -0.1) is 0 Å². The fourth-order valence-corrected chi connectivity index (χ4v) is 2.91. The third-order valence-corrected chi connectivity index (χ3v) is 4.42. The number of amidine groups is 1. The molecule has 0 aliphatic carbocycles. The van der Waals surface area contributed by atoms with Crippen molar-refractivity contribution in [1.29, 1.82) is 0 Å². The highest BCUT2D eigenvalue weighted by Gasteiger charge is 2.08. The van der Waals surface area contributed by atoms with Crippen LogP contribution in [0.2, 0.25) is 0 Å². The fraction of sp³-hybridized carbons (Fsp3) is 0.286. The second kappa shape index (κ2) is 10.1. The molecule has 2 aromatic rings. The summed E-state index contributed by atoms with van der Waals surface area (Å²) < 4.78 is 1.06. The van der Waals surface area contributed by atoms with E-state index in [0.29, 0.717) is 12.2 Å². The number of nitrogens with one attached hydrogen (secondary N) is 2. The number of nitrogen functional groups attached to an aromatic ring is 1. The zero-order valence-electron chi connectivity index (χ0n) is 15.6. The molecule has 0 heterocycles. The molecule has 0 saturated carbocycles. The Morgan fingerprint density at radius 1 is 1.19 bits per heavy atom. The molecule has 0 aliphatic heterocycles. The number of allylic oxidation sites excluding steroid dienone is 1. The Morgan fingerprint density at radius 2 is 1.88 bits per heavy atom. The Labute approximate surface area is 164 Å². The number of hydrogen-bond acceptors (Lipinski definition) is 3. The molecular formula is C21H27BrN4. The summed E-state index contributed by atoms with van der Waals surface area (Å²) in [6.45, 7) is 7.79. The Hall–Kier alpha value is -2.11. The van der Waals surface area contributed by atoms with Gasteiger partial charge in [0.1, 0.15) is 5.84 Å². The number of aliphatic imine (C=N–C) groups is 1. The number of nitrogens with zero attached hydrogens (tertiary/aromatic N) is 1. The molecular weight excluding hydrogens is 388 g/mol. The molecule has 0 aromatic heterocycles. The van der Waals surface area contributed by atoms with Gasteiger partial charge < -0.3 is 16.4 Å². The molecule has 0 saturated heterocycles. The van der Waals surface area contributed by atoms with Crippen LogP contribution in [0.25, 0.3) is 0 Å². The first-order valence-corrected chi connectivity index (χ1v) is 9.61. The van der Waals surface area contributed by atoms with Crippen molar-refractivity contribution < 1.29 is 0 Å². The number of nitrogens with two attached hydrogens (primary N) is 1. The standard InChI is InChI=1S/C21H27BrN4/c1-4-24-15(2)13-16(3)26-21(19-7-5-6-8-20(19)23)25-14-17-9-11-18(22)12-10-17/h5-13,15,24H,4,14,23H2,1-3H3,(H,25,26)/b16-13+. The lowest BCUT2D eigenvalue weighted by Gasteiger charge is -2.15. The van der Waals surface area contributed by atoms with Crippen LogP contribution in [0.4, 0.5) is 5.69 Å². The monoisotopic (exact) mass is 414 g/mol. The van der Waals surface area contributed by atoms with Crippen molar-refractivity contribution in [3.63, 3.8) is 0 Å². The first-order valence-electron chi connectivity index (χ1n) is 8.82. The molecule has 5 heteroatoms. The van der Waals surface area contributed by atoms with Crippen LogP contribution < -0.4 is 16.4 Å². The summed E-state index contributed by atoms with van der Waals surface area (Å²) >= 11 is 3.46. The summed E-state index contributed by atoms with van der Waals surface area (Å²) in [7, 11) is 0. The number of likely N-dealkylation sites (N-methyl/N-ethyl adjacent to an activating group) is 1. The van der Waals surface area contributed by atoms with Gasteiger partial charge in [-0.05, 0) is 56.3 Å². The van der Waals surface area contributed by atoms with E-state index in [2.05, 4.69) is 58.6 Å². The zero-order chi connectivity index (χ0) is 18.9. The molecule has 2 aromatic carbocycles. The Morgan fingerprint density at radius 3 is 2.54 bits per heavy atom. The summed E-state index contributed by atoms with van der Waals surface area (Å²) in [5.41, 5.74) is 9.98. The predicted molar refractivity (Wildman–Crippen MR) is 115 cm³/mol. The highest BCUT2D eigenvalue weighted by atomic mass is 79.9. The lowest BCUT2D eigenvalue weighted by molar-refractivity contribution is 0.655. The largest absolute Gasteiger partial charge is 0.398 e. The van der Waals surface area contributed by atoms with E-state index in [0.717, 1.165) is 33.7 Å². The van der Waals surface area contributed by atoms with Gasteiger partial charge in [-0.3, -0.25) is 4.99 Å². The average Bonchev–Trinajstić information content (AvgIpc) is 2.60. The maximum atomic E-state index is 6.18. The van der Waals surface area contributed by atoms with Crippen LogP contribution in [-0.4, -0.2) is 18.4 Å². The molecule has 2 rings (SSSR count). The zero-order valence-corrected chi connectivity index (χ0v) is 17.2. The lowest BCUT2D eigenvalue weighted by Crippen LogP contribution is -2.28. The molecule has 0 radical (unpaired) electrons. The SMILES string of the molecule is CCNC(C)/C=C(\C)NC(=NCc1ccc(Br)cc1)c1ccccc1N. The average molecular weight is 415 g/mol. The number of halogens is 1. The topological polar surface area (TPSA) is 62.4 Å². The van der Waals surface area contributed by atoms with Crippen LogP contribution in [0.1, 0.15) is 31.9 Å². The minimum atomic E-state index is 0.286. The summed E-state index contributed by atoms with van der Waals surface area (Å²) in [4.78, 5) is 4.80. The van der Waals surface area contributed by atoms with Gasteiger partial charge in [0.15, 0.2) is 0 Å². The highest BCUT2D eigenvalue weighted by Crippen LogP contribution is 2.14. The maximum absolute atomic E-state index is 6.18. The van der Waals surface area contributed by atoms with Crippen molar-refractivity contribution in [3.8, 4) is 0 Å². The van der Waals surface area contributed by atoms with E-state index in [4.69, 9.17) is 10.7 Å². The molecule has 0 bridgehead atoms. The molecule has 0 fully saturated rings. The van der Waals surface area contributed by atoms with Crippen molar-refractivity contribution in [2.75, 3.05) is 12.3 Å². The molecule has 0 aliphatic rings. The minimum Gasteiger partial charge on any atom is -0.398 e. The van der Waals surface area contributed by atoms with Crippen LogP contribution in [0.15, 0.2) is 69.8 Å². The van der Waals surface area contributed by atoms with Crippen LogP contribution in [0.3, 0.4) is 0 Å². The number of hydrogen-bond donors (Lipinski definition) is 3. The molecule has 0 spiro atoms. The smallest absolute Gasteiger partial charge is 0.134 e. The van der Waals surface area contributed by atoms with Gasteiger partial charge >= 0.3 is 0 Å². The van der Waals surface area contributed by atoms with Crippen LogP contribution >= 0.6 is 15.9 Å². The van der Waals surface area contributed by atoms with Gasteiger partial charge in [-0.2, -0.15) is 0 Å². The van der Waals surface area contributed by atoms with E-state index < -0.39 is 0 Å². The maximum Gasteiger partial charge on any atom is 0.134 e. The first kappa shape index (κ1) is 20.2. The van der Waals surface area contributed by atoms with E-state index in [1.54, 1.807) is 0 Å². The molecule has 1 unspecified atom stereocenters. The minimum absolute atomic E-state index is 0.286. The molecule has 138 valence electrons. The second-order valence-corrected chi connectivity index (χ2v) is 7.12. The van der Waals surface area contributed by atoms with Crippen LogP contribution in [0.5, 0.6) is 0 Å². The van der Waals surface area contributed by atoms with Crippen molar-refractivity contribution >= 4 is 27.5 Å². The van der Waals surface area contributed by atoms with E-state index in [9.17, 15) is 0 Å². The number of benzene rings is 2. The van der Waals surface area contributed by atoms with Gasteiger partial charge in [-0.25, -0.2) is 0 Å². The van der Waals surface area contributed by atoms with Crippen molar-refractivity contribution in [2.45, 2.75) is 33.4 Å². The van der Waals surface area contributed by atoms with E-state index in [1.165, 1.54) is 0 Å². The Balaban J connectivity index is 2.25. The second-order valence-electron chi connectivity index (χ2n) is 6.20. The van der Waals surface area contributed by atoms with E-state index in [-0.39, 0.29) is 6.04 Å². The Bertz CT molecular complexity index is 766. The third kappa shape index (κ3) is 6.32. The fourth-order valence-electron chi connectivity index (χ4n) is 2.65. The normalized spacial score (nSPS) is 13.5. The van der Waals surface area contributed by atoms with Crippen molar-refractivity contribution in [1.82, 2.24) is 10.6 Å². The molecule has 26 heavy (non-hydrogen) atoms. The van der Waals surface area contributed by atoms with E-state index >= 15 is 0 Å². The summed E-state index contributed by atoms with van der Waals surface area (Å²) in [5.74, 6) is 0.781. The van der Waals surface area contributed by atoms with Crippen LogP contribution in [0, 0.1) is 0 Å². The quantitative estimate of drug-likeness (QED) is 0.355. The molecule has 0 amide bonds. The number of para-hydroxylation sites is 1. The number of rotatable bonds is 7. The molecule has 1 atom stereocenters. The third-order valence-electron chi connectivity index (χ3n) is 3.89. The number of anilines is 1. The predicted octanol–water partition coefficient (Wildman–Crippen LogP) is 4.47. The first-order chi connectivity index (χ1) is 12.5.